The smallest absolute Gasteiger partial charge is 0.269 e. The predicted octanol–water partition coefficient (Wildman–Crippen LogP) is 2.23. The maximum Gasteiger partial charge on any atom is 0.269 e. The van der Waals surface area contributed by atoms with Crippen LogP contribution in [0.5, 0.6) is 0 Å². The third kappa shape index (κ3) is 3.64. The van der Waals surface area contributed by atoms with Crippen LogP contribution in [0.1, 0.15) is 28.9 Å². The van der Waals surface area contributed by atoms with E-state index >= 15 is 0 Å². The highest BCUT2D eigenvalue weighted by molar-refractivity contribution is 9.10. The number of nitrogens with zero attached hydrogens (tertiary/aromatic N) is 4. The zero-order valence-electron chi connectivity index (χ0n) is 17.3. The number of rotatable bonds is 5. The van der Waals surface area contributed by atoms with Crippen LogP contribution in [0.25, 0.3) is 10.9 Å². The fourth-order valence-corrected chi connectivity index (χ4v) is 4.88. The van der Waals surface area contributed by atoms with Crippen molar-refractivity contribution in [1.82, 2.24) is 19.7 Å². The summed E-state index contributed by atoms with van der Waals surface area (Å²) in [6.07, 6.45) is 1.53. The molecule has 1 aliphatic carbocycles. The van der Waals surface area contributed by atoms with E-state index in [1.165, 1.54) is 4.68 Å². The number of benzene rings is 1. The van der Waals surface area contributed by atoms with Gasteiger partial charge in [-0.3, -0.25) is 19.1 Å². The summed E-state index contributed by atoms with van der Waals surface area (Å²) in [7, 11) is 0. The molecule has 3 N–H and O–H groups in total. The van der Waals surface area contributed by atoms with Gasteiger partial charge in [0.25, 0.3) is 5.91 Å². The number of pyridine rings is 1. The molecule has 3 atom stereocenters. The number of likely N-dealkylation sites (tertiary alicyclic amines) is 1. The quantitative estimate of drug-likeness (QED) is 0.524. The number of fused-ring (bicyclic) bond motifs is 2. The highest BCUT2D eigenvalue weighted by Gasteiger charge is 2.56. The minimum absolute atomic E-state index is 0.0629. The summed E-state index contributed by atoms with van der Waals surface area (Å²) in [6, 6.07) is 10.3. The van der Waals surface area contributed by atoms with Crippen molar-refractivity contribution in [3.63, 3.8) is 0 Å². The molecule has 1 aliphatic heterocycles. The van der Waals surface area contributed by atoms with Crippen molar-refractivity contribution in [1.29, 1.82) is 0 Å². The normalized spacial score (nSPS) is 21.4. The largest absolute Gasteiger partial charge is 0.364 e. The molecule has 0 spiro atoms. The van der Waals surface area contributed by atoms with E-state index in [9.17, 15) is 14.4 Å². The average molecular weight is 497 g/mol. The van der Waals surface area contributed by atoms with Gasteiger partial charge in [0.2, 0.25) is 11.8 Å². The molecule has 164 valence electrons. The maximum atomic E-state index is 13.3. The lowest BCUT2D eigenvalue weighted by Gasteiger charge is -2.26. The van der Waals surface area contributed by atoms with Gasteiger partial charge in [0, 0.05) is 11.4 Å². The lowest BCUT2D eigenvalue weighted by molar-refractivity contribution is -0.138. The van der Waals surface area contributed by atoms with Crippen molar-refractivity contribution >= 4 is 50.4 Å². The minimum Gasteiger partial charge on any atom is -0.364 e. The molecule has 2 fully saturated rings. The number of nitrogens with two attached hydrogens (primary N) is 1. The third-order valence-corrected chi connectivity index (χ3v) is 6.53. The second kappa shape index (κ2) is 7.70. The molecule has 1 aromatic carbocycles. The highest BCUT2D eigenvalue weighted by Crippen LogP contribution is 2.48. The molecule has 0 radical (unpaired) electrons. The van der Waals surface area contributed by atoms with Crippen molar-refractivity contribution in [2.24, 2.45) is 11.7 Å². The molecule has 2 aliphatic rings. The number of halogens is 1. The van der Waals surface area contributed by atoms with Gasteiger partial charge in [-0.15, -0.1) is 0 Å². The number of aromatic nitrogens is 3. The van der Waals surface area contributed by atoms with Crippen LogP contribution in [0.4, 0.5) is 5.82 Å². The number of nitrogens with one attached hydrogen (secondary N) is 1. The number of amides is 3. The van der Waals surface area contributed by atoms with Crippen LogP contribution in [0.2, 0.25) is 0 Å². The molecular formula is C22H21BrN6O3. The fourth-order valence-electron chi connectivity index (χ4n) is 4.53. The van der Waals surface area contributed by atoms with E-state index in [2.05, 4.69) is 31.3 Å². The molecule has 2 aromatic heterocycles. The number of anilines is 1. The van der Waals surface area contributed by atoms with Crippen LogP contribution in [0.3, 0.4) is 0 Å². The van der Waals surface area contributed by atoms with E-state index in [1.807, 2.05) is 19.1 Å². The number of piperidine rings is 1. The number of hydrogen-bond donors (Lipinski definition) is 2. The van der Waals surface area contributed by atoms with Gasteiger partial charge < -0.3 is 16.0 Å². The molecule has 3 aromatic rings. The van der Waals surface area contributed by atoms with Crippen molar-refractivity contribution in [2.45, 2.75) is 38.4 Å². The van der Waals surface area contributed by atoms with Crippen molar-refractivity contribution in [3.8, 4) is 0 Å². The SMILES string of the molecule is Cc1ccc2c(C(N)=O)nn(CC(=O)N3[C@@H]4C[C@@H]4C[C@H]3C(=O)Nc3cccc(Br)n3)c2c1. The average Bonchev–Trinajstić information content (AvgIpc) is 3.25. The van der Waals surface area contributed by atoms with Gasteiger partial charge in [-0.05, 0) is 65.4 Å². The van der Waals surface area contributed by atoms with Crippen LogP contribution in [0.15, 0.2) is 41.0 Å². The Kier molecular flexibility index (Phi) is 4.96. The van der Waals surface area contributed by atoms with Crippen LogP contribution >= 0.6 is 15.9 Å². The summed E-state index contributed by atoms with van der Waals surface area (Å²) in [6.45, 7) is 1.85. The standard InChI is InChI=1S/C22H21BrN6O3/c1-11-5-6-13-15(7-11)28(27-20(13)21(24)31)10-19(30)29-14-8-12(14)9-16(29)22(32)26-18-4-2-3-17(23)25-18/h2-7,12,14,16H,8-10H2,1H3,(H2,24,31)(H,25,26,32)/t12-,14-,16+/m1/s1. The fraction of sp³-hybridized carbons (Fsp3) is 0.318. The summed E-state index contributed by atoms with van der Waals surface area (Å²) in [5.41, 5.74) is 7.26. The zero-order chi connectivity index (χ0) is 22.6. The van der Waals surface area contributed by atoms with E-state index in [0.29, 0.717) is 33.7 Å². The van der Waals surface area contributed by atoms with E-state index < -0.39 is 11.9 Å². The Morgan fingerprint density at radius 2 is 2.03 bits per heavy atom. The summed E-state index contributed by atoms with van der Waals surface area (Å²) in [4.78, 5) is 44.0. The highest BCUT2D eigenvalue weighted by atomic mass is 79.9. The van der Waals surface area contributed by atoms with Crippen molar-refractivity contribution < 1.29 is 14.4 Å². The van der Waals surface area contributed by atoms with E-state index in [0.717, 1.165) is 12.0 Å². The molecule has 10 heteroatoms. The molecule has 1 saturated carbocycles. The second-order valence-corrected chi connectivity index (χ2v) is 9.15. The van der Waals surface area contributed by atoms with E-state index in [1.54, 1.807) is 29.2 Å². The van der Waals surface area contributed by atoms with Crippen LogP contribution in [-0.2, 0) is 16.1 Å². The third-order valence-electron chi connectivity index (χ3n) is 6.09. The molecule has 0 bridgehead atoms. The molecule has 1 saturated heterocycles. The molecule has 3 heterocycles. The minimum atomic E-state index is -0.646. The lowest BCUT2D eigenvalue weighted by Crippen LogP contribution is -2.46. The molecule has 3 amide bonds. The van der Waals surface area contributed by atoms with Gasteiger partial charge in [0.05, 0.1) is 5.52 Å². The van der Waals surface area contributed by atoms with Gasteiger partial charge in [0.15, 0.2) is 5.69 Å². The molecular weight excluding hydrogens is 476 g/mol. The van der Waals surface area contributed by atoms with Crippen molar-refractivity contribution in [2.75, 3.05) is 5.32 Å². The second-order valence-electron chi connectivity index (χ2n) is 8.34. The summed E-state index contributed by atoms with van der Waals surface area (Å²) >= 11 is 3.29. The maximum absolute atomic E-state index is 13.3. The van der Waals surface area contributed by atoms with Crippen LogP contribution in [0, 0.1) is 12.8 Å². The van der Waals surface area contributed by atoms with E-state index in [-0.39, 0.29) is 30.1 Å². The number of aryl methyl sites for hydroxylation is 1. The number of carbonyl (C=O) groups excluding carboxylic acids is 3. The Bertz CT molecular complexity index is 1270. The Labute approximate surface area is 192 Å². The van der Waals surface area contributed by atoms with Gasteiger partial charge in [0.1, 0.15) is 23.0 Å². The Balaban J connectivity index is 1.39. The van der Waals surface area contributed by atoms with Gasteiger partial charge in [-0.2, -0.15) is 5.10 Å². The molecule has 0 unspecified atom stereocenters. The van der Waals surface area contributed by atoms with Crippen LogP contribution in [-0.4, -0.2) is 49.5 Å². The van der Waals surface area contributed by atoms with Gasteiger partial charge >= 0.3 is 0 Å². The molecule has 9 nitrogen and oxygen atoms in total. The Morgan fingerprint density at radius 3 is 2.78 bits per heavy atom. The molecule has 5 rings (SSSR count). The Hall–Kier alpha value is -3.27. The molecule has 32 heavy (non-hydrogen) atoms. The first-order valence-electron chi connectivity index (χ1n) is 10.3. The first-order chi connectivity index (χ1) is 15.3. The predicted molar refractivity (Wildman–Crippen MR) is 121 cm³/mol. The first kappa shape index (κ1) is 20.6. The topological polar surface area (TPSA) is 123 Å². The summed E-state index contributed by atoms with van der Waals surface area (Å²) < 4.78 is 2.12. The number of carbonyl (C=O) groups is 3. The number of primary amides is 1. The van der Waals surface area contributed by atoms with Crippen LogP contribution < -0.4 is 11.1 Å². The van der Waals surface area contributed by atoms with Gasteiger partial charge in [-0.25, -0.2) is 4.98 Å². The summed E-state index contributed by atoms with van der Waals surface area (Å²) in [5.74, 6) is -0.346. The summed E-state index contributed by atoms with van der Waals surface area (Å²) in [5, 5.41) is 7.73. The van der Waals surface area contributed by atoms with E-state index in [4.69, 9.17) is 5.73 Å². The number of hydrogen-bond acceptors (Lipinski definition) is 5. The van der Waals surface area contributed by atoms with Crippen molar-refractivity contribution in [3.05, 3.63) is 52.3 Å². The zero-order valence-corrected chi connectivity index (χ0v) is 18.9. The monoisotopic (exact) mass is 496 g/mol. The van der Waals surface area contributed by atoms with Gasteiger partial charge in [-0.1, -0.05) is 18.2 Å². The lowest BCUT2D eigenvalue weighted by atomic mass is 10.1. The first-order valence-corrected chi connectivity index (χ1v) is 11.1. The Morgan fingerprint density at radius 1 is 1.22 bits per heavy atom.